The Hall–Kier alpha value is -3.54. The molecule has 32 heavy (non-hydrogen) atoms. The van der Waals surface area contributed by atoms with Crippen LogP contribution in [0.5, 0.6) is 11.5 Å². The number of anilines is 2. The molecule has 0 atom stereocenters. The lowest BCUT2D eigenvalue weighted by Gasteiger charge is -2.11. The molecule has 0 saturated carbocycles. The van der Waals surface area contributed by atoms with Gasteiger partial charge in [0, 0.05) is 18.8 Å². The molecule has 3 rings (SSSR count). The summed E-state index contributed by atoms with van der Waals surface area (Å²) in [5.41, 5.74) is 1.84. The molecular formula is C21H24N6O4S. The molecule has 0 spiro atoms. The predicted octanol–water partition coefficient (Wildman–Crippen LogP) is 3.38. The largest absolute Gasteiger partial charge is 0.456 e. The SMILES string of the molecule is CCOOCNC(=S)Nc1ccc(Oc2cccc(NC(=O)c3cc(C)nn3C)c2)cn1. The first-order valence-electron chi connectivity index (χ1n) is 9.80. The molecule has 0 fully saturated rings. The van der Waals surface area contributed by atoms with Crippen LogP contribution in [0.1, 0.15) is 23.1 Å². The van der Waals surface area contributed by atoms with Crippen LogP contribution < -0.4 is 20.7 Å². The molecule has 10 nitrogen and oxygen atoms in total. The first-order chi connectivity index (χ1) is 15.4. The molecule has 2 heterocycles. The molecule has 11 heteroatoms. The van der Waals surface area contributed by atoms with Gasteiger partial charge in [-0.15, -0.1) is 0 Å². The van der Waals surface area contributed by atoms with Gasteiger partial charge in [-0.1, -0.05) is 6.07 Å². The monoisotopic (exact) mass is 456 g/mol. The second-order valence-electron chi connectivity index (χ2n) is 6.56. The summed E-state index contributed by atoms with van der Waals surface area (Å²) in [5, 5.41) is 13.1. The lowest BCUT2D eigenvalue weighted by atomic mass is 10.2. The number of thiocarbonyl (C=S) groups is 1. The zero-order valence-corrected chi connectivity index (χ0v) is 18.7. The van der Waals surface area contributed by atoms with Crippen molar-refractivity contribution in [3.05, 3.63) is 60.0 Å². The van der Waals surface area contributed by atoms with E-state index in [1.54, 1.807) is 60.4 Å². The molecule has 0 saturated heterocycles. The second-order valence-corrected chi connectivity index (χ2v) is 6.97. The lowest BCUT2D eigenvalue weighted by molar-refractivity contribution is -0.292. The number of nitrogens with zero attached hydrogens (tertiary/aromatic N) is 3. The summed E-state index contributed by atoms with van der Waals surface area (Å²) in [7, 11) is 1.73. The number of nitrogens with one attached hydrogen (secondary N) is 3. The topological polar surface area (TPSA) is 112 Å². The molecule has 0 aliphatic heterocycles. The minimum absolute atomic E-state index is 0.119. The Balaban J connectivity index is 1.55. The van der Waals surface area contributed by atoms with Crippen molar-refractivity contribution in [3.63, 3.8) is 0 Å². The van der Waals surface area contributed by atoms with Gasteiger partial charge in [0.1, 0.15) is 23.0 Å². The van der Waals surface area contributed by atoms with E-state index in [1.165, 1.54) is 0 Å². The van der Waals surface area contributed by atoms with Gasteiger partial charge in [0.2, 0.25) is 0 Å². The van der Waals surface area contributed by atoms with Gasteiger partial charge in [0.25, 0.3) is 5.91 Å². The molecule has 0 unspecified atom stereocenters. The van der Waals surface area contributed by atoms with Crippen LogP contribution in [0.4, 0.5) is 11.5 Å². The van der Waals surface area contributed by atoms with Crippen LogP contribution in [0.25, 0.3) is 0 Å². The zero-order chi connectivity index (χ0) is 22.9. The number of rotatable bonds is 9. The Morgan fingerprint density at radius 1 is 1.12 bits per heavy atom. The van der Waals surface area contributed by atoms with Crippen LogP contribution in [0, 0.1) is 6.92 Å². The number of benzene rings is 1. The quantitative estimate of drug-likeness (QED) is 0.147. The van der Waals surface area contributed by atoms with Crippen LogP contribution in [0.2, 0.25) is 0 Å². The van der Waals surface area contributed by atoms with Gasteiger partial charge >= 0.3 is 0 Å². The number of carbonyl (C=O) groups excluding carboxylic acids is 1. The predicted molar refractivity (Wildman–Crippen MR) is 124 cm³/mol. The molecular weight excluding hydrogens is 432 g/mol. The standard InChI is InChI=1S/C21H24N6O4S/c1-4-29-30-13-23-21(32)25-19-9-8-17(12-22-19)31-16-7-5-6-15(11-16)24-20(28)18-10-14(2)26-27(18)3/h5-12H,4,13H2,1-3H3,(H,24,28)(H2,22,23,25,32). The molecule has 168 valence electrons. The van der Waals surface area contributed by atoms with Crippen LogP contribution in [0.15, 0.2) is 48.7 Å². The number of carbonyl (C=O) groups is 1. The first-order valence-corrected chi connectivity index (χ1v) is 10.2. The fraction of sp³-hybridized carbons (Fsp3) is 0.238. The molecule has 0 aliphatic carbocycles. The van der Waals surface area contributed by atoms with E-state index in [4.69, 9.17) is 26.7 Å². The lowest BCUT2D eigenvalue weighted by Crippen LogP contribution is -2.30. The highest BCUT2D eigenvalue weighted by molar-refractivity contribution is 7.80. The normalized spacial score (nSPS) is 10.5. The number of hydrogen-bond donors (Lipinski definition) is 3. The minimum atomic E-state index is -0.251. The Morgan fingerprint density at radius 2 is 1.97 bits per heavy atom. The van der Waals surface area contributed by atoms with E-state index in [0.717, 1.165) is 5.69 Å². The van der Waals surface area contributed by atoms with Crippen LogP contribution in [-0.4, -0.2) is 39.1 Å². The van der Waals surface area contributed by atoms with Gasteiger partial charge < -0.3 is 20.7 Å². The van der Waals surface area contributed by atoms with Gasteiger partial charge in [-0.2, -0.15) is 5.10 Å². The number of aryl methyl sites for hydroxylation is 2. The van der Waals surface area contributed by atoms with Crippen molar-refractivity contribution in [2.75, 3.05) is 24.0 Å². The molecule has 2 aromatic heterocycles. The van der Waals surface area contributed by atoms with Gasteiger partial charge in [0.05, 0.1) is 18.5 Å². The van der Waals surface area contributed by atoms with Crippen molar-refractivity contribution in [3.8, 4) is 11.5 Å². The third kappa shape index (κ3) is 6.74. The van der Waals surface area contributed by atoms with E-state index in [-0.39, 0.29) is 12.6 Å². The molecule has 3 N–H and O–H groups in total. The summed E-state index contributed by atoms with van der Waals surface area (Å²) in [5.74, 6) is 1.37. The zero-order valence-electron chi connectivity index (χ0n) is 17.9. The number of aromatic nitrogens is 3. The summed E-state index contributed by atoms with van der Waals surface area (Å²) < 4.78 is 7.38. The van der Waals surface area contributed by atoms with Gasteiger partial charge in [-0.05, 0) is 56.4 Å². The highest BCUT2D eigenvalue weighted by Gasteiger charge is 2.12. The van der Waals surface area contributed by atoms with Gasteiger partial charge in [-0.3, -0.25) is 9.48 Å². The Morgan fingerprint density at radius 3 is 2.66 bits per heavy atom. The average Bonchev–Trinajstić information content (AvgIpc) is 3.11. The Kier molecular flexibility index (Phi) is 8.08. The number of ether oxygens (including phenoxy) is 1. The first kappa shape index (κ1) is 23.1. The Labute approximate surface area is 190 Å². The summed E-state index contributed by atoms with van der Waals surface area (Å²) in [4.78, 5) is 26.3. The van der Waals surface area contributed by atoms with E-state index in [2.05, 4.69) is 26.0 Å². The molecule has 1 aromatic carbocycles. The highest BCUT2D eigenvalue weighted by Crippen LogP contribution is 2.24. The molecule has 0 bridgehead atoms. The molecule has 0 radical (unpaired) electrons. The third-order valence-corrected chi connectivity index (χ3v) is 4.28. The maximum Gasteiger partial charge on any atom is 0.273 e. The van der Waals surface area contributed by atoms with Gasteiger partial charge in [0.15, 0.2) is 11.8 Å². The van der Waals surface area contributed by atoms with Crippen molar-refractivity contribution in [2.45, 2.75) is 13.8 Å². The maximum absolute atomic E-state index is 12.5. The average molecular weight is 457 g/mol. The van der Waals surface area contributed by atoms with E-state index in [1.807, 2.05) is 13.8 Å². The van der Waals surface area contributed by atoms with Crippen molar-refractivity contribution >= 4 is 34.7 Å². The fourth-order valence-electron chi connectivity index (χ4n) is 2.69. The highest BCUT2D eigenvalue weighted by atomic mass is 32.1. The summed E-state index contributed by atoms with van der Waals surface area (Å²) in [6.45, 7) is 4.22. The number of pyridine rings is 1. The Bertz CT molecular complexity index is 1070. The van der Waals surface area contributed by atoms with E-state index in [0.29, 0.717) is 40.4 Å². The summed E-state index contributed by atoms with van der Waals surface area (Å²) >= 11 is 5.15. The summed E-state index contributed by atoms with van der Waals surface area (Å²) in [6, 6.07) is 12.3. The van der Waals surface area contributed by atoms with Crippen LogP contribution in [0.3, 0.4) is 0 Å². The van der Waals surface area contributed by atoms with Crippen molar-refractivity contribution < 1.29 is 19.3 Å². The fourth-order valence-corrected chi connectivity index (χ4v) is 2.85. The number of amides is 1. The molecule has 1 amide bonds. The summed E-state index contributed by atoms with van der Waals surface area (Å²) in [6.07, 6.45) is 1.56. The van der Waals surface area contributed by atoms with Crippen LogP contribution in [-0.2, 0) is 16.8 Å². The van der Waals surface area contributed by atoms with E-state index in [9.17, 15) is 4.79 Å². The molecule has 0 aliphatic rings. The van der Waals surface area contributed by atoms with Crippen LogP contribution >= 0.6 is 12.2 Å². The molecule has 3 aromatic rings. The third-order valence-electron chi connectivity index (χ3n) is 4.03. The maximum atomic E-state index is 12.5. The van der Waals surface area contributed by atoms with Crippen molar-refractivity contribution in [1.82, 2.24) is 20.1 Å². The number of hydrogen-bond acceptors (Lipinski definition) is 7. The van der Waals surface area contributed by atoms with E-state index < -0.39 is 0 Å². The van der Waals surface area contributed by atoms with Gasteiger partial charge in [-0.25, -0.2) is 14.8 Å². The minimum Gasteiger partial charge on any atom is -0.456 e. The van der Waals surface area contributed by atoms with Crippen molar-refractivity contribution in [2.24, 2.45) is 7.05 Å². The smallest absolute Gasteiger partial charge is 0.273 e. The van der Waals surface area contributed by atoms with E-state index >= 15 is 0 Å². The second kappa shape index (κ2) is 11.2. The van der Waals surface area contributed by atoms with Crippen molar-refractivity contribution in [1.29, 1.82) is 0 Å².